The van der Waals surface area contributed by atoms with Crippen LogP contribution in [-0.4, -0.2) is 23.7 Å². The maximum absolute atomic E-state index is 11.4. The van der Waals surface area contributed by atoms with Crippen LogP contribution in [0.1, 0.15) is 39.5 Å². The molecule has 0 aromatic heterocycles. The van der Waals surface area contributed by atoms with E-state index < -0.39 is 23.7 Å². The van der Waals surface area contributed by atoms with E-state index in [1.807, 2.05) is 13.8 Å². The zero-order valence-electron chi connectivity index (χ0n) is 8.95. The van der Waals surface area contributed by atoms with Gasteiger partial charge in [0.1, 0.15) is 0 Å². The Kier molecular flexibility index (Phi) is 6.32. The highest BCUT2D eigenvalue weighted by Crippen LogP contribution is 2.01. The van der Waals surface area contributed by atoms with Gasteiger partial charge in [-0.1, -0.05) is 26.7 Å². The first-order valence-electron chi connectivity index (χ1n) is 5.13. The van der Waals surface area contributed by atoms with Crippen LogP contribution in [0.4, 0.5) is 0 Å². The molecule has 0 heterocycles. The van der Waals surface area contributed by atoms with Crippen LogP contribution < -0.4 is 11.5 Å². The normalized spacial score (nSPS) is 14.9. The SMILES string of the molecule is CCC[C@H](N)C(=O)C(=O)[C@@H](N)CCC. The van der Waals surface area contributed by atoms with Crippen molar-refractivity contribution in [3.05, 3.63) is 0 Å². The lowest BCUT2D eigenvalue weighted by atomic mass is 9.98. The second-order valence-electron chi connectivity index (χ2n) is 3.52. The van der Waals surface area contributed by atoms with Gasteiger partial charge in [0.2, 0.25) is 11.6 Å². The average Bonchev–Trinajstić information content (AvgIpc) is 2.16. The topological polar surface area (TPSA) is 86.2 Å². The quantitative estimate of drug-likeness (QED) is 0.582. The van der Waals surface area contributed by atoms with Crippen LogP contribution in [0.2, 0.25) is 0 Å². The van der Waals surface area contributed by atoms with Crippen LogP contribution in [0.25, 0.3) is 0 Å². The molecule has 4 nitrogen and oxygen atoms in total. The molecular weight excluding hydrogens is 180 g/mol. The van der Waals surface area contributed by atoms with Crippen molar-refractivity contribution in [3.63, 3.8) is 0 Å². The van der Waals surface area contributed by atoms with Crippen LogP contribution in [-0.2, 0) is 9.59 Å². The molecule has 0 saturated heterocycles. The molecule has 2 atom stereocenters. The van der Waals surface area contributed by atoms with Crippen molar-refractivity contribution in [2.24, 2.45) is 11.5 Å². The number of nitrogens with two attached hydrogens (primary N) is 2. The third-order valence-electron chi connectivity index (χ3n) is 2.12. The molecule has 0 aliphatic carbocycles. The van der Waals surface area contributed by atoms with Gasteiger partial charge in [0, 0.05) is 0 Å². The average molecular weight is 200 g/mol. The van der Waals surface area contributed by atoms with Crippen molar-refractivity contribution in [1.29, 1.82) is 0 Å². The molecule has 0 radical (unpaired) electrons. The summed E-state index contributed by atoms with van der Waals surface area (Å²) >= 11 is 0. The van der Waals surface area contributed by atoms with Gasteiger partial charge >= 0.3 is 0 Å². The van der Waals surface area contributed by atoms with Crippen LogP contribution in [0.15, 0.2) is 0 Å². The first kappa shape index (κ1) is 13.3. The molecular formula is C10H20N2O2. The van der Waals surface area contributed by atoms with Crippen LogP contribution >= 0.6 is 0 Å². The van der Waals surface area contributed by atoms with Gasteiger partial charge in [-0.2, -0.15) is 0 Å². The molecule has 0 aliphatic rings. The largest absolute Gasteiger partial charge is 0.321 e. The summed E-state index contributed by atoms with van der Waals surface area (Å²) in [7, 11) is 0. The van der Waals surface area contributed by atoms with E-state index in [4.69, 9.17) is 11.5 Å². The van der Waals surface area contributed by atoms with Gasteiger partial charge in [0.05, 0.1) is 12.1 Å². The minimum absolute atomic E-state index is 0.521. The van der Waals surface area contributed by atoms with E-state index in [9.17, 15) is 9.59 Å². The van der Waals surface area contributed by atoms with Gasteiger partial charge in [-0.15, -0.1) is 0 Å². The summed E-state index contributed by atoms with van der Waals surface area (Å²) in [5, 5.41) is 0. The molecule has 82 valence electrons. The number of rotatable bonds is 7. The van der Waals surface area contributed by atoms with Crippen LogP contribution in [0.5, 0.6) is 0 Å². The molecule has 0 aliphatic heterocycles. The molecule has 0 fully saturated rings. The maximum atomic E-state index is 11.4. The fourth-order valence-corrected chi connectivity index (χ4v) is 1.25. The Balaban J connectivity index is 4.17. The zero-order chi connectivity index (χ0) is 11.1. The van der Waals surface area contributed by atoms with E-state index in [0.29, 0.717) is 12.8 Å². The predicted molar refractivity (Wildman–Crippen MR) is 55.8 cm³/mol. The Bertz CT molecular complexity index is 182. The molecule has 0 spiro atoms. The monoisotopic (exact) mass is 200 g/mol. The lowest BCUT2D eigenvalue weighted by Gasteiger charge is -2.12. The molecule has 14 heavy (non-hydrogen) atoms. The molecule has 4 heteroatoms. The van der Waals surface area contributed by atoms with Crippen LogP contribution in [0, 0.1) is 0 Å². The second-order valence-corrected chi connectivity index (χ2v) is 3.52. The Labute approximate surface area is 85.0 Å². The number of ketones is 2. The smallest absolute Gasteiger partial charge is 0.216 e. The summed E-state index contributed by atoms with van der Waals surface area (Å²) in [5.41, 5.74) is 11.1. The van der Waals surface area contributed by atoms with Crippen molar-refractivity contribution >= 4 is 11.6 Å². The number of hydrogen-bond acceptors (Lipinski definition) is 4. The fraction of sp³-hybridized carbons (Fsp3) is 0.800. The number of Topliss-reactive ketones (excluding diaryl/α,β-unsaturated/α-hetero) is 2. The third-order valence-corrected chi connectivity index (χ3v) is 2.12. The maximum Gasteiger partial charge on any atom is 0.216 e. The third kappa shape index (κ3) is 3.98. The second kappa shape index (κ2) is 6.68. The molecule has 0 aromatic rings. The molecule has 4 N–H and O–H groups in total. The van der Waals surface area contributed by atoms with Crippen molar-refractivity contribution < 1.29 is 9.59 Å². The Morgan fingerprint density at radius 1 is 0.929 bits per heavy atom. The Morgan fingerprint density at radius 2 is 1.21 bits per heavy atom. The molecule has 0 unspecified atom stereocenters. The van der Waals surface area contributed by atoms with Gasteiger partial charge in [-0.3, -0.25) is 9.59 Å². The molecule has 0 saturated carbocycles. The minimum Gasteiger partial charge on any atom is -0.321 e. The summed E-state index contributed by atoms with van der Waals surface area (Å²) in [6, 6.07) is -1.34. The van der Waals surface area contributed by atoms with Crippen molar-refractivity contribution in [1.82, 2.24) is 0 Å². The Morgan fingerprint density at radius 3 is 1.43 bits per heavy atom. The van der Waals surface area contributed by atoms with Crippen molar-refractivity contribution in [3.8, 4) is 0 Å². The Hall–Kier alpha value is -0.740. The van der Waals surface area contributed by atoms with Gasteiger partial charge in [-0.05, 0) is 12.8 Å². The van der Waals surface area contributed by atoms with E-state index in [1.54, 1.807) is 0 Å². The van der Waals surface area contributed by atoms with E-state index in [0.717, 1.165) is 12.8 Å². The van der Waals surface area contributed by atoms with Gasteiger partial charge in [-0.25, -0.2) is 0 Å². The minimum atomic E-state index is -0.671. The summed E-state index contributed by atoms with van der Waals surface area (Å²) in [4.78, 5) is 22.8. The standard InChI is InChI=1S/C10H20N2O2/c1-3-5-7(11)9(13)10(14)8(12)6-4-2/h7-8H,3-6,11-12H2,1-2H3/t7-,8-/m0/s1. The van der Waals surface area contributed by atoms with Gasteiger partial charge < -0.3 is 11.5 Å². The van der Waals surface area contributed by atoms with Crippen molar-refractivity contribution in [2.45, 2.75) is 51.6 Å². The highest BCUT2D eigenvalue weighted by molar-refractivity contribution is 6.40. The number of carbonyl (C=O) groups excluding carboxylic acids is 2. The van der Waals surface area contributed by atoms with E-state index >= 15 is 0 Å². The molecule has 0 aromatic carbocycles. The summed E-state index contributed by atoms with van der Waals surface area (Å²) in [6.45, 7) is 3.84. The van der Waals surface area contributed by atoms with Gasteiger partial charge in [0.25, 0.3) is 0 Å². The summed E-state index contributed by atoms with van der Waals surface area (Å²) in [5.74, 6) is -1.04. The lowest BCUT2D eigenvalue weighted by Crippen LogP contribution is -2.44. The lowest BCUT2D eigenvalue weighted by molar-refractivity contribution is -0.138. The van der Waals surface area contributed by atoms with Crippen LogP contribution in [0.3, 0.4) is 0 Å². The van der Waals surface area contributed by atoms with E-state index in [2.05, 4.69) is 0 Å². The number of hydrogen-bond donors (Lipinski definition) is 2. The van der Waals surface area contributed by atoms with E-state index in [1.165, 1.54) is 0 Å². The zero-order valence-corrected chi connectivity index (χ0v) is 8.95. The van der Waals surface area contributed by atoms with E-state index in [-0.39, 0.29) is 0 Å². The number of carbonyl (C=O) groups is 2. The summed E-state index contributed by atoms with van der Waals surface area (Å²) in [6.07, 6.45) is 2.68. The summed E-state index contributed by atoms with van der Waals surface area (Å²) < 4.78 is 0. The van der Waals surface area contributed by atoms with Gasteiger partial charge in [0.15, 0.2) is 0 Å². The fourth-order valence-electron chi connectivity index (χ4n) is 1.25. The highest BCUT2D eigenvalue weighted by Gasteiger charge is 2.25. The molecule has 0 amide bonds. The first-order chi connectivity index (χ1) is 6.54. The molecule has 0 bridgehead atoms. The predicted octanol–water partition coefficient (Wildman–Crippen LogP) is 0.379. The molecule has 0 rings (SSSR count). The van der Waals surface area contributed by atoms with Crippen molar-refractivity contribution in [2.75, 3.05) is 0 Å². The first-order valence-corrected chi connectivity index (χ1v) is 5.13. The highest BCUT2D eigenvalue weighted by atomic mass is 16.2.